The summed E-state index contributed by atoms with van der Waals surface area (Å²) in [5.41, 5.74) is 5.61. The second-order valence-electron chi connectivity index (χ2n) is 4.06. The molecule has 1 aromatic rings. The van der Waals surface area contributed by atoms with E-state index in [1.165, 1.54) is 25.7 Å². The summed E-state index contributed by atoms with van der Waals surface area (Å²) in [6, 6.07) is 0. The van der Waals surface area contributed by atoms with Gasteiger partial charge in [-0.15, -0.1) is 0 Å². The minimum atomic E-state index is 0.153. The molecule has 1 aliphatic rings. The second-order valence-corrected chi connectivity index (χ2v) is 4.06. The molecule has 78 valence electrons. The van der Waals surface area contributed by atoms with Gasteiger partial charge < -0.3 is 10.3 Å². The molecule has 0 aliphatic heterocycles. The van der Waals surface area contributed by atoms with E-state index in [0.717, 1.165) is 12.3 Å². The van der Waals surface area contributed by atoms with Gasteiger partial charge in [-0.05, 0) is 19.3 Å². The molecular formula is C10H17N3O. The van der Waals surface area contributed by atoms with Crippen molar-refractivity contribution in [2.45, 2.75) is 51.0 Å². The summed E-state index contributed by atoms with van der Waals surface area (Å²) < 4.78 is 5.29. The van der Waals surface area contributed by atoms with Crippen molar-refractivity contribution in [3.05, 3.63) is 11.7 Å². The first kappa shape index (κ1) is 9.65. The maximum atomic E-state index is 5.46. The lowest BCUT2D eigenvalue weighted by Gasteiger charge is -2.21. The zero-order valence-electron chi connectivity index (χ0n) is 8.62. The van der Waals surface area contributed by atoms with Gasteiger partial charge in [0.15, 0.2) is 5.82 Å². The van der Waals surface area contributed by atoms with Gasteiger partial charge in [-0.25, -0.2) is 0 Å². The summed E-state index contributed by atoms with van der Waals surface area (Å²) in [4.78, 5) is 4.35. The Morgan fingerprint density at radius 1 is 1.43 bits per heavy atom. The summed E-state index contributed by atoms with van der Waals surface area (Å²) in [6.07, 6.45) is 5.98. The molecule has 2 rings (SSSR count). The molecule has 1 aliphatic carbocycles. The monoisotopic (exact) mass is 195 g/mol. The molecule has 4 nitrogen and oxygen atoms in total. The van der Waals surface area contributed by atoms with E-state index >= 15 is 0 Å². The summed E-state index contributed by atoms with van der Waals surface area (Å²) in [7, 11) is 0. The van der Waals surface area contributed by atoms with E-state index in [-0.39, 0.29) is 5.41 Å². The zero-order valence-corrected chi connectivity index (χ0v) is 8.62. The van der Waals surface area contributed by atoms with Gasteiger partial charge in [0.05, 0.1) is 6.54 Å². The first-order chi connectivity index (χ1) is 6.80. The van der Waals surface area contributed by atoms with Crippen LogP contribution in [0.1, 0.15) is 50.7 Å². The predicted molar refractivity (Wildman–Crippen MR) is 52.6 cm³/mol. The van der Waals surface area contributed by atoms with Gasteiger partial charge >= 0.3 is 0 Å². The molecule has 0 amide bonds. The highest BCUT2D eigenvalue weighted by molar-refractivity contribution is 5.07. The number of nitrogens with two attached hydrogens (primary N) is 1. The van der Waals surface area contributed by atoms with E-state index in [1.54, 1.807) is 0 Å². The van der Waals surface area contributed by atoms with E-state index in [1.807, 2.05) is 0 Å². The second kappa shape index (κ2) is 3.69. The first-order valence-electron chi connectivity index (χ1n) is 5.34. The predicted octanol–water partition coefficient (Wildman–Crippen LogP) is 1.75. The van der Waals surface area contributed by atoms with Crippen LogP contribution in [0.3, 0.4) is 0 Å². The molecule has 0 radical (unpaired) electrons. The van der Waals surface area contributed by atoms with Crippen molar-refractivity contribution in [3.8, 4) is 0 Å². The third kappa shape index (κ3) is 1.43. The lowest BCUT2D eigenvalue weighted by Crippen LogP contribution is -2.21. The molecule has 0 aromatic carbocycles. The maximum absolute atomic E-state index is 5.46. The summed E-state index contributed by atoms with van der Waals surface area (Å²) >= 11 is 0. The quantitative estimate of drug-likeness (QED) is 0.798. The number of rotatable bonds is 3. The van der Waals surface area contributed by atoms with E-state index in [0.29, 0.717) is 12.4 Å². The average molecular weight is 195 g/mol. The average Bonchev–Trinajstić information content (AvgIpc) is 2.87. The molecule has 1 heterocycles. The van der Waals surface area contributed by atoms with Crippen LogP contribution in [0.2, 0.25) is 0 Å². The Bertz CT molecular complexity index is 302. The third-order valence-electron chi connectivity index (χ3n) is 3.34. The third-order valence-corrected chi connectivity index (χ3v) is 3.34. The van der Waals surface area contributed by atoms with Crippen LogP contribution in [0.4, 0.5) is 0 Å². The van der Waals surface area contributed by atoms with Gasteiger partial charge in [0.2, 0.25) is 5.89 Å². The standard InChI is InChI=1S/C10H17N3O/c1-2-10(5-3-4-6-10)9-12-8(7-11)13-14-9/h2-7,11H2,1H3. The van der Waals surface area contributed by atoms with Crippen molar-refractivity contribution in [1.29, 1.82) is 0 Å². The van der Waals surface area contributed by atoms with E-state index < -0.39 is 0 Å². The molecule has 0 spiro atoms. The Labute approximate surface area is 83.9 Å². The number of aromatic nitrogens is 2. The van der Waals surface area contributed by atoms with Crippen molar-refractivity contribution >= 4 is 0 Å². The van der Waals surface area contributed by atoms with E-state index in [9.17, 15) is 0 Å². The Balaban J connectivity index is 2.26. The van der Waals surface area contributed by atoms with Gasteiger partial charge in [-0.2, -0.15) is 4.98 Å². The van der Waals surface area contributed by atoms with E-state index in [2.05, 4.69) is 17.1 Å². The van der Waals surface area contributed by atoms with Crippen molar-refractivity contribution in [2.24, 2.45) is 5.73 Å². The van der Waals surface area contributed by atoms with Gasteiger partial charge in [0.1, 0.15) is 0 Å². The highest BCUT2D eigenvalue weighted by Gasteiger charge is 2.38. The molecule has 0 saturated heterocycles. The van der Waals surface area contributed by atoms with Crippen molar-refractivity contribution < 1.29 is 4.52 Å². The molecule has 14 heavy (non-hydrogen) atoms. The maximum Gasteiger partial charge on any atom is 0.232 e. The molecule has 0 bridgehead atoms. The van der Waals surface area contributed by atoms with Gasteiger partial charge in [-0.3, -0.25) is 0 Å². The largest absolute Gasteiger partial charge is 0.339 e. The molecule has 0 atom stereocenters. The number of nitrogens with zero attached hydrogens (tertiary/aromatic N) is 2. The minimum absolute atomic E-state index is 0.153. The summed E-state index contributed by atoms with van der Waals surface area (Å²) in [6.45, 7) is 2.56. The zero-order chi connectivity index (χ0) is 10.0. The van der Waals surface area contributed by atoms with Crippen LogP contribution in [0.25, 0.3) is 0 Å². The van der Waals surface area contributed by atoms with Gasteiger partial charge in [-0.1, -0.05) is 24.9 Å². The topological polar surface area (TPSA) is 64.9 Å². The molecule has 2 N–H and O–H groups in total. The van der Waals surface area contributed by atoms with Crippen LogP contribution in [-0.2, 0) is 12.0 Å². The molecule has 0 unspecified atom stereocenters. The highest BCUT2D eigenvalue weighted by atomic mass is 16.5. The lowest BCUT2D eigenvalue weighted by molar-refractivity contribution is 0.271. The van der Waals surface area contributed by atoms with Crippen LogP contribution in [0.15, 0.2) is 4.52 Å². The van der Waals surface area contributed by atoms with Crippen molar-refractivity contribution in [2.75, 3.05) is 0 Å². The normalized spacial score (nSPS) is 20.1. The van der Waals surface area contributed by atoms with Crippen LogP contribution < -0.4 is 5.73 Å². The fourth-order valence-corrected chi connectivity index (χ4v) is 2.32. The van der Waals surface area contributed by atoms with Gasteiger partial charge in [0.25, 0.3) is 0 Å². The van der Waals surface area contributed by atoms with Crippen LogP contribution in [-0.4, -0.2) is 10.1 Å². The Hall–Kier alpha value is -0.900. The van der Waals surface area contributed by atoms with Crippen LogP contribution >= 0.6 is 0 Å². The fourth-order valence-electron chi connectivity index (χ4n) is 2.32. The fraction of sp³-hybridized carbons (Fsp3) is 0.800. The molecule has 1 fully saturated rings. The first-order valence-corrected chi connectivity index (χ1v) is 5.34. The Morgan fingerprint density at radius 3 is 2.64 bits per heavy atom. The van der Waals surface area contributed by atoms with E-state index in [4.69, 9.17) is 10.3 Å². The Morgan fingerprint density at radius 2 is 2.14 bits per heavy atom. The molecular weight excluding hydrogens is 178 g/mol. The SMILES string of the molecule is CCC1(c2nc(CN)no2)CCCC1. The smallest absolute Gasteiger partial charge is 0.232 e. The Kier molecular flexibility index (Phi) is 2.54. The number of hydrogen-bond donors (Lipinski definition) is 1. The van der Waals surface area contributed by atoms with Gasteiger partial charge in [0, 0.05) is 5.41 Å². The highest BCUT2D eigenvalue weighted by Crippen LogP contribution is 2.42. The minimum Gasteiger partial charge on any atom is -0.339 e. The van der Waals surface area contributed by atoms with Crippen molar-refractivity contribution in [1.82, 2.24) is 10.1 Å². The molecule has 1 aromatic heterocycles. The summed E-state index contributed by atoms with van der Waals surface area (Å²) in [5.74, 6) is 1.43. The van der Waals surface area contributed by atoms with Crippen LogP contribution in [0, 0.1) is 0 Å². The van der Waals surface area contributed by atoms with Crippen molar-refractivity contribution in [3.63, 3.8) is 0 Å². The molecule has 1 saturated carbocycles. The lowest BCUT2D eigenvalue weighted by atomic mass is 9.83. The molecule has 4 heteroatoms. The van der Waals surface area contributed by atoms with Crippen LogP contribution in [0.5, 0.6) is 0 Å². The number of hydrogen-bond acceptors (Lipinski definition) is 4. The summed E-state index contributed by atoms with van der Waals surface area (Å²) in [5, 5.41) is 3.86.